The van der Waals surface area contributed by atoms with E-state index in [9.17, 15) is 5.11 Å². The summed E-state index contributed by atoms with van der Waals surface area (Å²) in [6, 6.07) is 3.71. The Labute approximate surface area is 68.5 Å². The van der Waals surface area contributed by atoms with Crippen LogP contribution in [0.3, 0.4) is 0 Å². The number of phenolic OH excluding ortho intramolecular Hbond substituents is 1. The van der Waals surface area contributed by atoms with E-state index in [1.165, 1.54) is 0 Å². The van der Waals surface area contributed by atoms with E-state index in [0.717, 1.165) is 16.7 Å². The Kier molecular flexibility index (Phi) is 2.23. The van der Waals surface area contributed by atoms with E-state index in [4.69, 9.17) is 7.85 Å². The van der Waals surface area contributed by atoms with Crippen LogP contribution < -0.4 is 0 Å². The average molecular weight is 146 g/mol. The van der Waals surface area contributed by atoms with Crippen LogP contribution in [-0.2, 0) is 6.32 Å². The minimum atomic E-state index is 0.338. The molecule has 0 bridgehead atoms. The molecular weight excluding hydrogens is 135 g/mol. The van der Waals surface area contributed by atoms with E-state index in [2.05, 4.69) is 0 Å². The lowest BCUT2D eigenvalue weighted by atomic mass is 9.94. The normalized spacial score (nSPS) is 10.0. The number of aromatic hydroxyl groups is 1. The summed E-state index contributed by atoms with van der Waals surface area (Å²) >= 11 is 0. The Balaban J connectivity index is 3.21. The number of aryl methyl sites for hydroxylation is 1. The molecule has 1 aromatic rings. The second-order valence-electron chi connectivity index (χ2n) is 2.76. The average Bonchev–Trinajstić information content (AvgIpc) is 1.99. The summed E-state index contributed by atoms with van der Waals surface area (Å²) in [5, 5.41) is 9.36. The summed E-state index contributed by atoms with van der Waals surface area (Å²) in [4.78, 5) is 0. The summed E-state index contributed by atoms with van der Waals surface area (Å²) in [5.41, 5.74) is 3.00. The van der Waals surface area contributed by atoms with E-state index in [1.54, 1.807) is 6.07 Å². The van der Waals surface area contributed by atoms with Crippen LogP contribution in [0.1, 0.15) is 16.7 Å². The summed E-state index contributed by atoms with van der Waals surface area (Å²) in [5.74, 6) is 0.338. The van der Waals surface area contributed by atoms with E-state index >= 15 is 0 Å². The van der Waals surface area contributed by atoms with Crippen LogP contribution in [0, 0.1) is 13.8 Å². The first-order valence-electron chi connectivity index (χ1n) is 3.64. The van der Waals surface area contributed by atoms with Crippen molar-refractivity contribution in [3.63, 3.8) is 0 Å². The van der Waals surface area contributed by atoms with Crippen LogP contribution in [0.15, 0.2) is 12.1 Å². The molecule has 0 spiro atoms. The third-order valence-electron chi connectivity index (χ3n) is 1.94. The van der Waals surface area contributed by atoms with Gasteiger partial charge in [0.15, 0.2) is 0 Å². The molecule has 2 heteroatoms. The van der Waals surface area contributed by atoms with Gasteiger partial charge in [0.25, 0.3) is 0 Å². The van der Waals surface area contributed by atoms with Crippen molar-refractivity contribution in [1.29, 1.82) is 0 Å². The van der Waals surface area contributed by atoms with Gasteiger partial charge in [0, 0.05) is 0 Å². The summed E-state index contributed by atoms with van der Waals surface area (Å²) in [6.45, 7) is 3.86. The molecule has 0 atom stereocenters. The van der Waals surface area contributed by atoms with Gasteiger partial charge in [-0.15, -0.1) is 0 Å². The number of rotatable bonds is 1. The zero-order valence-corrected chi connectivity index (χ0v) is 6.89. The van der Waals surface area contributed by atoms with Crippen molar-refractivity contribution in [3.05, 3.63) is 28.8 Å². The number of hydrogen-bond acceptors (Lipinski definition) is 1. The summed E-state index contributed by atoms with van der Waals surface area (Å²) in [7, 11) is 5.43. The molecule has 56 valence electrons. The summed E-state index contributed by atoms with van der Waals surface area (Å²) in [6.07, 6.45) is 0.481. The van der Waals surface area contributed by atoms with Gasteiger partial charge >= 0.3 is 0 Å². The first kappa shape index (κ1) is 8.18. The van der Waals surface area contributed by atoms with Gasteiger partial charge in [-0.3, -0.25) is 0 Å². The van der Waals surface area contributed by atoms with Crippen LogP contribution in [0.4, 0.5) is 0 Å². The third-order valence-corrected chi connectivity index (χ3v) is 1.94. The Morgan fingerprint density at radius 2 is 2.00 bits per heavy atom. The van der Waals surface area contributed by atoms with Crippen molar-refractivity contribution in [3.8, 4) is 5.75 Å². The maximum absolute atomic E-state index is 9.36. The molecule has 11 heavy (non-hydrogen) atoms. The number of phenols is 1. The van der Waals surface area contributed by atoms with Gasteiger partial charge in [-0.05, 0) is 31.0 Å². The minimum absolute atomic E-state index is 0.338. The molecule has 1 aromatic carbocycles. The fraction of sp³-hybridized carbons (Fsp3) is 0.333. The molecule has 2 radical (unpaired) electrons. The molecule has 1 rings (SSSR count). The highest BCUT2D eigenvalue weighted by Crippen LogP contribution is 2.21. The van der Waals surface area contributed by atoms with Gasteiger partial charge in [-0.25, -0.2) is 0 Å². The Hall–Kier alpha value is -0.915. The monoisotopic (exact) mass is 146 g/mol. The van der Waals surface area contributed by atoms with E-state index in [1.807, 2.05) is 19.9 Å². The molecule has 0 fully saturated rings. The molecule has 0 saturated carbocycles. The topological polar surface area (TPSA) is 20.2 Å². The van der Waals surface area contributed by atoms with Crippen LogP contribution in [0.25, 0.3) is 0 Å². The smallest absolute Gasteiger partial charge is 0.118 e. The Bertz CT molecular complexity index is 245. The molecule has 0 aliphatic heterocycles. The predicted molar refractivity (Wildman–Crippen MR) is 47.0 cm³/mol. The second kappa shape index (κ2) is 2.99. The highest BCUT2D eigenvalue weighted by atomic mass is 16.3. The molecule has 1 N–H and O–H groups in total. The van der Waals surface area contributed by atoms with Crippen LogP contribution >= 0.6 is 0 Å². The quantitative estimate of drug-likeness (QED) is 0.597. The fourth-order valence-electron chi connectivity index (χ4n) is 1.03. The largest absolute Gasteiger partial charge is 0.508 e. The van der Waals surface area contributed by atoms with Crippen LogP contribution in [0.5, 0.6) is 5.75 Å². The zero-order chi connectivity index (χ0) is 8.43. The van der Waals surface area contributed by atoms with Crippen molar-refractivity contribution in [1.82, 2.24) is 0 Å². The third kappa shape index (κ3) is 1.56. The second-order valence-corrected chi connectivity index (χ2v) is 2.76. The van der Waals surface area contributed by atoms with E-state index in [0.29, 0.717) is 12.1 Å². The maximum Gasteiger partial charge on any atom is 0.118 e. The number of benzene rings is 1. The zero-order valence-electron chi connectivity index (χ0n) is 6.89. The molecule has 1 nitrogen and oxygen atoms in total. The van der Waals surface area contributed by atoms with Crippen LogP contribution in [0.2, 0.25) is 0 Å². The van der Waals surface area contributed by atoms with Crippen molar-refractivity contribution >= 4 is 7.85 Å². The molecule has 0 unspecified atom stereocenters. The molecule has 0 aromatic heterocycles. The van der Waals surface area contributed by atoms with Gasteiger partial charge < -0.3 is 5.11 Å². The first-order valence-corrected chi connectivity index (χ1v) is 3.64. The Morgan fingerprint density at radius 3 is 2.45 bits per heavy atom. The minimum Gasteiger partial charge on any atom is -0.508 e. The predicted octanol–water partition coefficient (Wildman–Crippen LogP) is 1.68. The van der Waals surface area contributed by atoms with Crippen molar-refractivity contribution in [2.45, 2.75) is 20.2 Å². The van der Waals surface area contributed by atoms with Crippen molar-refractivity contribution in [2.24, 2.45) is 0 Å². The lowest BCUT2D eigenvalue weighted by molar-refractivity contribution is 0.470. The van der Waals surface area contributed by atoms with Gasteiger partial charge in [0.2, 0.25) is 0 Å². The molecule has 0 amide bonds. The van der Waals surface area contributed by atoms with Gasteiger partial charge in [0.1, 0.15) is 5.75 Å². The van der Waals surface area contributed by atoms with Gasteiger partial charge in [-0.2, -0.15) is 0 Å². The summed E-state index contributed by atoms with van der Waals surface area (Å²) < 4.78 is 0. The molecule has 0 aliphatic rings. The maximum atomic E-state index is 9.36. The molecule has 0 heterocycles. The SMILES string of the molecule is [B]Cc1cc(C)c(C)c(O)c1. The Morgan fingerprint density at radius 1 is 1.36 bits per heavy atom. The standard InChI is InChI=1S/C9H11BO/c1-6-3-8(5-10)4-9(11)7(6)2/h3-4,11H,5H2,1-2H3. The lowest BCUT2D eigenvalue weighted by Crippen LogP contribution is -1.88. The van der Waals surface area contributed by atoms with E-state index in [-0.39, 0.29) is 0 Å². The van der Waals surface area contributed by atoms with Crippen LogP contribution in [-0.4, -0.2) is 13.0 Å². The highest BCUT2D eigenvalue weighted by molar-refractivity contribution is 6.08. The number of hydrogen-bond donors (Lipinski definition) is 1. The molecular formula is C9H11BO. The van der Waals surface area contributed by atoms with Crippen molar-refractivity contribution < 1.29 is 5.11 Å². The lowest BCUT2D eigenvalue weighted by Gasteiger charge is -2.05. The van der Waals surface area contributed by atoms with Crippen molar-refractivity contribution in [2.75, 3.05) is 0 Å². The fourth-order valence-corrected chi connectivity index (χ4v) is 1.03. The highest BCUT2D eigenvalue weighted by Gasteiger charge is 2.00. The first-order chi connectivity index (χ1) is 5.15. The van der Waals surface area contributed by atoms with Gasteiger partial charge in [0.05, 0.1) is 7.85 Å². The molecule has 0 aliphatic carbocycles. The van der Waals surface area contributed by atoms with E-state index < -0.39 is 0 Å². The van der Waals surface area contributed by atoms with Gasteiger partial charge in [-0.1, -0.05) is 17.9 Å². The molecule has 0 saturated heterocycles.